The fraction of sp³-hybridized carbons (Fsp3) is 0.214. The Hall–Kier alpha value is -3.71. The molecule has 1 amide bonds. The second-order valence-corrected chi connectivity index (χ2v) is 9.43. The summed E-state index contributed by atoms with van der Waals surface area (Å²) >= 11 is 1.55. The Bertz CT molecular complexity index is 1380. The number of benzene rings is 3. The van der Waals surface area contributed by atoms with E-state index in [4.69, 9.17) is 14.6 Å². The highest BCUT2D eigenvalue weighted by atomic mass is 32.2. The van der Waals surface area contributed by atoms with Gasteiger partial charge in [-0.15, -0.1) is 11.8 Å². The van der Waals surface area contributed by atoms with Crippen LogP contribution in [0.25, 0.3) is 10.9 Å². The molecule has 0 spiro atoms. The van der Waals surface area contributed by atoms with E-state index in [1.165, 1.54) is 0 Å². The zero-order valence-corrected chi connectivity index (χ0v) is 20.8. The molecule has 4 aromatic rings. The van der Waals surface area contributed by atoms with Crippen molar-refractivity contribution in [2.45, 2.75) is 17.4 Å². The van der Waals surface area contributed by atoms with E-state index in [0.29, 0.717) is 12.2 Å². The minimum Gasteiger partial charge on any atom is -0.497 e. The van der Waals surface area contributed by atoms with Crippen LogP contribution >= 0.6 is 11.8 Å². The van der Waals surface area contributed by atoms with E-state index >= 15 is 0 Å². The Balaban J connectivity index is 1.41. The summed E-state index contributed by atoms with van der Waals surface area (Å²) in [5, 5.41) is 7.61. The summed E-state index contributed by atoms with van der Waals surface area (Å²) < 4.78 is 12.7. The first-order valence-corrected chi connectivity index (χ1v) is 12.4. The Morgan fingerprint density at radius 2 is 1.63 bits per heavy atom. The lowest BCUT2D eigenvalue weighted by Crippen LogP contribution is -2.28. The van der Waals surface area contributed by atoms with Crippen LogP contribution in [0, 0.1) is 0 Å². The summed E-state index contributed by atoms with van der Waals surface area (Å²) in [6.45, 7) is 0. The van der Waals surface area contributed by atoms with Crippen molar-refractivity contribution in [2.24, 2.45) is 12.1 Å². The third-order valence-electron chi connectivity index (χ3n) is 6.30. The van der Waals surface area contributed by atoms with Crippen LogP contribution in [0.3, 0.4) is 0 Å². The number of ether oxygens (including phenoxy) is 2. The molecule has 0 bridgehead atoms. The van der Waals surface area contributed by atoms with E-state index < -0.39 is 0 Å². The summed E-state index contributed by atoms with van der Waals surface area (Å²) in [6, 6.07) is 23.8. The van der Waals surface area contributed by atoms with Crippen molar-refractivity contribution in [2.75, 3.05) is 20.0 Å². The van der Waals surface area contributed by atoms with Gasteiger partial charge in [-0.05, 0) is 53.6 Å². The van der Waals surface area contributed by atoms with E-state index in [0.717, 1.165) is 44.1 Å². The standard InChI is InChI=1S/C28H27N3O3S/c1-30-17-27(23-6-4-5-7-25(23)30)35-18-28(32)31-26(20-10-14-22(34-3)15-11-20)16-24(29-31)19-8-12-21(33-2)13-9-19/h4-15,17,26H,16,18H2,1-3H3/t26-/m1/s1. The first kappa shape index (κ1) is 23.1. The number of methoxy groups -OCH3 is 2. The number of thioether (sulfide) groups is 1. The van der Waals surface area contributed by atoms with Gasteiger partial charge in [-0.3, -0.25) is 4.79 Å². The van der Waals surface area contributed by atoms with Gasteiger partial charge in [-0.25, -0.2) is 5.01 Å². The number of carbonyl (C=O) groups is 1. The minimum absolute atomic E-state index is 0.0211. The van der Waals surface area contributed by atoms with Gasteiger partial charge in [0.15, 0.2) is 0 Å². The minimum atomic E-state index is -0.168. The lowest BCUT2D eigenvalue weighted by molar-refractivity contribution is -0.130. The topological polar surface area (TPSA) is 56.1 Å². The zero-order chi connectivity index (χ0) is 24.4. The van der Waals surface area contributed by atoms with Crippen molar-refractivity contribution in [1.82, 2.24) is 9.58 Å². The number of amides is 1. The molecule has 1 aliphatic heterocycles. The van der Waals surface area contributed by atoms with Crippen molar-refractivity contribution in [3.63, 3.8) is 0 Å². The zero-order valence-electron chi connectivity index (χ0n) is 20.0. The number of nitrogens with zero attached hydrogens (tertiary/aromatic N) is 3. The van der Waals surface area contributed by atoms with Gasteiger partial charge in [0.2, 0.25) is 0 Å². The van der Waals surface area contributed by atoms with Crippen molar-refractivity contribution in [3.05, 3.63) is 90.1 Å². The van der Waals surface area contributed by atoms with Crippen molar-refractivity contribution >= 4 is 34.3 Å². The third-order valence-corrected chi connectivity index (χ3v) is 7.33. The van der Waals surface area contributed by atoms with E-state index in [-0.39, 0.29) is 11.9 Å². The highest BCUT2D eigenvalue weighted by Gasteiger charge is 2.33. The second kappa shape index (κ2) is 9.88. The number of carbonyl (C=O) groups excluding carboxylic acids is 1. The van der Waals surface area contributed by atoms with Crippen LogP contribution in [-0.2, 0) is 11.8 Å². The van der Waals surface area contributed by atoms with Gasteiger partial charge in [-0.1, -0.05) is 30.3 Å². The van der Waals surface area contributed by atoms with Crippen LogP contribution < -0.4 is 9.47 Å². The molecule has 35 heavy (non-hydrogen) atoms. The Morgan fingerprint density at radius 3 is 2.31 bits per heavy atom. The quantitative estimate of drug-likeness (QED) is 0.317. The van der Waals surface area contributed by atoms with Crippen LogP contribution in [0.4, 0.5) is 0 Å². The first-order valence-electron chi connectivity index (χ1n) is 11.4. The predicted octanol–water partition coefficient (Wildman–Crippen LogP) is 5.67. The summed E-state index contributed by atoms with van der Waals surface area (Å²) in [5.41, 5.74) is 4.06. The molecule has 0 unspecified atom stereocenters. The highest BCUT2D eigenvalue weighted by Crippen LogP contribution is 2.36. The average Bonchev–Trinajstić information content (AvgIpc) is 3.49. The molecular formula is C28H27N3O3S. The Labute approximate surface area is 209 Å². The number of rotatable bonds is 7. The molecule has 1 atom stereocenters. The predicted molar refractivity (Wildman–Crippen MR) is 140 cm³/mol. The Kier molecular flexibility index (Phi) is 6.51. The molecule has 0 aliphatic carbocycles. The molecule has 5 rings (SSSR count). The van der Waals surface area contributed by atoms with E-state index in [9.17, 15) is 4.79 Å². The molecule has 6 nitrogen and oxygen atoms in total. The summed E-state index contributed by atoms with van der Waals surface area (Å²) in [4.78, 5) is 14.6. The smallest absolute Gasteiger partial charge is 0.253 e. The van der Waals surface area contributed by atoms with Crippen LogP contribution in [0.2, 0.25) is 0 Å². The number of hydrogen-bond acceptors (Lipinski definition) is 5. The maximum Gasteiger partial charge on any atom is 0.253 e. The van der Waals surface area contributed by atoms with Gasteiger partial charge in [0.05, 0.1) is 31.7 Å². The maximum atomic E-state index is 13.5. The van der Waals surface area contributed by atoms with E-state index in [2.05, 4.69) is 22.9 Å². The largest absolute Gasteiger partial charge is 0.497 e. The molecular weight excluding hydrogens is 458 g/mol. The molecule has 3 aromatic carbocycles. The summed E-state index contributed by atoms with van der Waals surface area (Å²) in [6.07, 6.45) is 2.73. The summed E-state index contributed by atoms with van der Waals surface area (Å²) in [7, 11) is 5.32. The Morgan fingerprint density at radius 1 is 0.971 bits per heavy atom. The van der Waals surface area contributed by atoms with Crippen LogP contribution in [-0.4, -0.2) is 41.2 Å². The van der Waals surface area contributed by atoms with Crippen molar-refractivity contribution in [1.29, 1.82) is 0 Å². The van der Waals surface area contributed by atoms with Crippen LogP contribution in [0.5, 0.6) is 11.5 Å². The molecule has 0 N–H and O–H groups in total. The molecule has 1 aliphatic rings. The lowest BCUT2D eigenvalue weighted by atomic mass is 9.98. The van der Waals surface area contributed by atoms with E-state index in [1.54, 1.807) is 31.0 Å². The number of hydrogen-bond donors (Lipinski definition) is 0. The molecule has 2 heterocycles. The first-order chi connectivity index (χ1) is 17.1. The highest BCUT2D eigenvalue weighted by molar-refractivity contribution is 8.00. The third kappa shape index (κ3) is 4.64. The number of fused-ring (bicyclic) bond motifs is 1. The van der Waals surface area contributed by atoms with Gasteiger partial charge in [0.1, 0.15) is 11.5 Å². The SMILES string of the molecule is COc1ccc(C2=NN(C(=O)CSc3cn(C)c4ccccc34)[C@@H](c3ccc(OC)cc3)C2)cc1. The van der Waals surface area contributed by atoms with Gasteiger partial charge in [-0.2, -0.15) is 5.10 Å². The average molecular weight is 486 g/mol. The van der Waals surface area contributed by atoms with E-state index in [1.807, 2.05) is 67.7 Å². The molecule has 0 radical (unpaired) electrons. The summed E-state index contributed by atoms with van der Waals surface area (Å²) in [5.74, 6) is 1.86. The van der Waals surface area contributed by atoms with Crippen LogP contribution in [0.15, 0.2) is 89.0 Å². The van der Waals surface area contributed by atoms with Gasteiger partial charge >= 0.3 is 0 Å². The fourth-order valence-corrected chi connectivity index (χ4v) is 5.38. The van der Waals surface area contributed by atoms with Crippen molar-refractivity contribution < 1.29 is 14.3 Å². The van der Waals surface area contributed by atoms with Crippen LogP contribution in [0.1, 0.15) is 23.6 Å². The number of aryl methyl sites for hydroxylation is 1. The monoisotopic (exact) mass is 485 g/mol. The molecule has 0 fully saturated rings. The molecule has 0 saturated carbocycles. The lowest BCUT2D eigenvalue weighted by Gasteiger charge is -2.22. The molecule has 178 valence electrons. The number of aromatic nitrogens is 1. The normalized spacial score (nSPS) is 15.3. The molecule has 7 heteroatoms. The second-order valence-electron chi connectivity index (χ2n) is 8.42. The number of hydrazone groups is 1. The molecule has 0 saturated heterocycles. The number of para-hydroxylation sites is 1. The van der Waals surface area contributed by atoms with Gasteiger partial charge in [0, 0.05) is 35.5 Å². The van der Waals surface area contributed by atoms with Gasteiger partial charge < -0.3 is 14.0 Å². The van der Waals surface area contributed by atoms with Gasteiger partial charge in [0.25, 0.3) is 5.91 Å². The fourth-order valence-electron chi connectivity index (χ4n) is 4.41. The molecule has 1 aromatic heterocycles. The van der Waals surface area contributed by atoms with Crippen molar-refractivity contribution in [3.8, 4) is 11.5 Å². The maximum absolute atomic E-state index is 13.5.